The summed E-state index contributed by atoms with van der Waals surface area (Å²) in [5.41, 5.74) is 0. The van der Waals surface area contributed by atoms with Crippen LogP contribution in [0.2, 0.25) is 0 Å². The van der Waals surface area contributed by atoms with E-state index >= 15 is 0 Å². The molecule has 0 aromatic heterocycles. The Labute approximate surface area is 66.6 Å². The van der Waals surface area contributed by atoms with E-state index in [4.69, 9.17) is 14.2 Å². The van der Waals surface area contributed by atoms with Crippen LogP contribution in [0.25, 0.3) is 0 Å². The van der Waals surface area contributed by atoms with Gasteiger partial charge in [-0.25, -0.2) is 0 Å². The molecule has 4 atom stereocenters. The molecule has 0 bridgehead atoms. The van der Waals surface area contributed by atoms with Gasteiger partial charge in [0.1, 0.15) is 12.2 Å². The molecule has 0 aromatic carbocycles. The quantitative estimate of drug-likeness (QED) is 0.554. The number of hydrogen-bond donors (Lipinski definition) is 0. The van der Waals surface area contributed by atoms with Gasteiger partial charge in [0, 0.05) is 13.0 Å². The standard InChI is InChI=1S/C8H14O3/c1-5-3-10-8-6(9-2)4-11-7(5)8/h5-8H,3-4H2,1-2H3/t5-,6-,7-,8-/m0/s1. The fourth-order valence-electron chi connectivity index (χ4n) is 1.86. The summed E-state index contributed by atoms with van der Waals surface area (Å²) in [7, 11) is 1.71. The highest BCUT2D eigenvalue weighted by Crippen LogP contribution is 2.31. The van der Waals surface area contributed by atoms with Gasteiger partial charge in [-0.05, 0) is 0 Å². The molecule has 2 aliphatic heterocycles. The molecule has 2 heterocycles. The maximum absolute atomic E-state index is 5.54. The highest BCUT2D eigenvalue weighted by Gasteiger charge is 2.45. The molecule has 0 spiro atoms. The lowest BCUT2D eigenvalue weighted by Gasteiger charge is -2.13. The van der Waals surface area contributed by atoms with Crippen LogP contribution in [-0.4, -0.2) is 38.6 Å². The van der Waals surface area contributed by atoms with E-state index in [1.165, 1.54) is 0 Å². The zero-order valence-corrected chi connectivity index (χ0v) is 6.95. The summed E-state index contributed by atoms with van der Waals surface area (Å²) in [5.74, 6) is 0.528. The molecule has 2 aliphatic rings. The lowest BCUT2D eigenvalue weighted by molar-refractivity contribution is -0.00878. The summed E-state index contributed by atoms with van der Waals surface area (Å²) in [4.78, 5) is 0. The second-order valence-corrected chi connectivity index (χ2v) is 3.35. The molecule has 2 saturated heterocycles. The fraction of sp³-hybridized carbons (Fsp3) is 1.00. The van der Waals surface area contributed by atoms with Crippen molar-refractivity contribution in [3.05, 3.63) is 0 Å². The van der Waals surface area contributed by atoms with Crippen molar-refractivity contribution in [2.75, 3.05) is 20.3 Å². The van der Waals surface area contributed by atoms with Gasteiger partial charge in [-0.1, -0.05) is 6.92 Å². The van der Waals surface area contributed by atoms with Gasteiger partial charge in [0.05, 0.1) is 19.3 Å². The van der Waals surface area contributed by atoms with Gasteiger partial charge < -0.3 is 14.2 Å². The van der Waals surface area contributed by atoms with Crippen LogP contribution in [0, 0.1) is 5.92 Å². The predicted octanol–water partition coefficient (Wildman–Crippen LogP) is 0.435. The molecule has 0 aromatic rings. The van der Waals surface area contributed by atoms with Crippen molar-refractivity contribution in [3.63, 3.8) is 0 Å². The average molecular weight is 158 g/mol. The van der Waals surface area contributed by atoms with Gasteiger partial charge in [-0.15, -0.1) is 0 Å². The van der Waals surface area contributed by atoms with Gasteiger partial charge in [0.15, 0.2) is 0 Å². The number of ether oxygens (including phenoxy) is 3. The van der Waals surface area contributed by atoms with Gasteiger partial charge in [0.2, 0.25) is 0 Å². The zero-order valence-electron chi connectivity index (χ0n) is 6.95. The summed E-state index contributed by atoms with van der Waals surface area (Å²) in [6.45, 7) is 3.66. The first-order chi connectivity index (χ1) is 5.33. The molecule has 11 heavy (non-hydrogen) atoms. The number of methoxy groups -OCH3 is 1. The maximum Gasteiger partial charge on any atom is 0.112 e. The molecule has 0 N–H and O–H groups in total. The Morgan fingerprint density at radius 3 is 2.64 bits per heavy atom. The van der Waals surface area contributed by atoms with Gasteiger partial charge in [-0.2, -0.15) is 0 Å². The van der Waals surface area contributed by atoms with Crippen LogP contribution < -0.4 is 0 Å². The van der Waals surface area contributed by atoms with Crippen LogP contribution in [0.3, 0.4) is 0 Å². The Hall–Kier alpha value is -0.120. The average Bonchev–Trinajstić information content (AvgIpc) is 2.53. The molecule has 64 valence electrons. The van der Waals surface area contributed by atoms with Crippen LogP contribution in [0.5, 0.6) is 0 Å². The van der Waals surface area contributed by atoms with Gasteiger partial charge in [-0.3, -0.25) is 0 Å². The minimum atomic E-state index is 0.157. The lowest BCUT2D eigenvalue weighted by atomic mass is 10.0. The molecule has 3 nitrogen and oxygen atoms in total. The van der Waals surface area contributed by atoms with E-state index in [1.54, 1.807) is 7.11 Å². The third kappa shape index (κ3) is 1.08. The Kier molecular flexibility index (Phi) is 1.87. The number of rotatable bonds is 1. The molecule has 2 fully saturated rings. The Morgan fingerprint density at radius 2 is 1.91 bits per heavy atom. The van der Waals surface area contributed by atoms with Crippen LogP contribution in [0.15, 0.2) is 0 Å². The molecule has 2 rings (SSSR count). The van der Waals surface area contributed by atoms with Crippen molar-refractivity contribution in [2.45, 2.75) is 25.2 Å². The number of hydrogen-bond acceptors (Lipinski definition) is 3. The molecule has 0 radical (unpaired) electrons. The Bertz CT molecular complexity index is 148. The van der Waals surface area contributed by atoms with E-state index in [0.29, 0.717) is 12.5 Å². The summed E-state index contributed by atoms with van der Waals surface area (Å²) in [5, 5.41) is 0. The summed E-state index contributed by atoms with van der Waals surface area (Å²) in [6, 6.07) is 0. The first kappa shape index (κ1) is 7.53. The Balaban J connectivity index is 2.04. The van der Waals surface area contributed by atoms with Crippen molar-refractivity contribution < 1.29 is 14.2 Å². The van der Waals surface area contributed by atoms with Crippen molar-refractivity contribution in [2.24, 2.45) is 5.92 Å². The maximum atomic E-state index is 5.54. The largest absolute Gasteiger partial charge is 0.376 e. The van der Waals surface area contributed by atoms with E-state index in [-0.39, 0.29) is 18.3 Å². The zero-order chi connectivity index (χ0) is 7.84. The first-order valence-electron chi connectivity index (χ1n) is 4.09. The monoisotopic (exact) mass is 158 g/mol. The Morgan fingerprint density at radius 1 is 1.18 bits per heavy atom. The first-order valence-corrected chi connectivity index (χ1v) is 4.09. The van der Waals surface area contributed by atoms with Crippen LogP contribution in [0.1, 0.15) is 6.92 Å². The molecular formula is C8H14O3. The van der Waals surface area contributed by atoms with Crippen LogP contribution >= 0.6 is 0 Å². The van der Waals surface area contributed by atoms with Crippen molar-refractivity contribution in [1.29, 1.82) is 0 Å². The third-order valence-electron chi connectivity index (χ3n) is 2.56. The molecule has 3 heteroatoms. The molecular weight excluding hydrogens is 144 g/mol. The molecule has 0 saturated carbocycles. The topological polar surface area (TPSA) is 27.7 Å². The summed E-state index contributed by atoms with van der Waals surface area (Å²) >= 11 is 0. The lowest BCUT2D eigenvalue weighted by Crippen LogP contribution is -2.29. The number of fused-ring (bicyclic) bond motifs is 1. The summed E-state index contributed by atoms with van der Waals surface area (Å²) in [6.07, 6.45) is 0.625. The van der Waals surface area contributed by atoms with E-state index in [1.807, 2.05) is 0 Å². The second kappa shape index (κ2) is 2.73. The smallest absolute Gasteiger partial charge is 0.112 e. The van der Waals surface area contributed by atoms with Gasteiger partial charge >= 0.3 is 0 Å². The molecule has 0 amide bonds. The van der Waals surface area contributed by atoms with Crippen molar-refractivity contribution in [1.82, 2.24) is 0 Å². The van der Waals surface area contributed by atoms with Crippen molar-refractivity contribution in [3.8, 4) is 0 Å². The van der Waals surface area contributed by atoms with Crippen molar-refractivity contribution >= 4 is 0 Å². The van der Waals surface area contributed by atoms with E-state index in [9.17, 15) is 0 Å². The minimum Gasteiger partial charge on any atom is -0.376 e. The van der Waals surface area contributed by atoms with E-state index in [2.05, 4.69) is 6.92 Å². The van der Waals surface area contributed by atoms with E-state index in [0.717, 1.165) is 6.61 Å². The summed E-state index contributed by atoms with van der Waals surface area (Å²) < 4.78 is 16.3. The highest BCUT2D eigenvalue weighted by atomic mass is 16.6. The van der Waals surface area contributed by atoms with Crippen LogP contribution in [0.4, 0.5) is 0 Å². The molecule has 0 aliphatic carbocycles. The highest BCUT2D eigenvalue weighted by molar-refractivity contribution is 4.92. The normalized spacial score (nSPS) is 49.6. The molecule has 0 unspecified atom stereocenters. The third-order valence-corrected chi connectivity index (χ3v) is 2.56. The minimum absolute atomic E-state index is 0.157. The SMILES string of the molecule is CO[C@H]1CO[C@@H]2[C@H]1OC[C@@H]2C. The second-order valence-electron chi connectivity index (χ2n) is 3.35. The van der Waals surface area contributed by atoms with Gasteiger partial charge in [0.25, 0.3) is 0 Å². The van der Waals surface area contributed by atoms with E-state index < -0.39 is 0 Å². The predicted molar refractivity (Wildman–Crippen MR) is 39.4 cm³/mol. The van der Waals surface area contributed by atoms with Crippen LogP contribution in [-0.2, 0) is 14.2 Å². The fourth-order valence-corrected chi connectivity index (χ4v) is 1.86.